The first kappa shape index (κ1) is 24.4. The summed E-state index contributed by atoms with van der Waals surface area (Å²) in [5.41, 5.74) is 10.0. The number of hydrogen-bond donors (Lipinski definition) is 1. The Labute approximate surface area is 194 Å². The van der Waals surface area contributed by atoms with Crippen LogP contribution < -0.4 is 0 Å². The van der Waals surface area contributed by atoms with Crippen molar-refractivity contribution in [2.45, 2.75) is 41.2 Å². The molecule has 0 fully saturated rings. The van der Waals surface area contributed by atoms with Crippen molar-refractivity contribution < 1.29 is 13.1 Å². The van der Waals surface area contributed by atoms with Crippen LogP contribution in [0.1, 0.15) is 47.5 Å². The van der Waals surface area contributed by atoms with E-state index in [4.69, 9.17) is 30.2 Å². The minimum atomic E-state index is 0.194. The first-order valence-electron chi connectivity index (χ1n) is 9.58. The van der Waals surface area contributed by atoms with E-state index in [9.17, 15) is 0 Å². The molecule has 2 aromatic carbocycles. The zero-order valence-corrected chi connectivity index (χ0v) is 20.5. The third-order valence-electron chi connectivity index (χ3n) is 4.72. The zero-order valence-electron chi connectivity index (χ0n) is 17.9. The number of benzene rings is 2. The molecular formula is C24H27Cl2FeN3. The number of nitrogens with zero attached hydrogens (tertiary/aromatic N) is 2. The van der Waals surface area contributed by atoms with Crippen LogP contribution in [0, 0.1) is 20.8 Å². The number of halogens is 2. The van der Waals surface area contributed by atoms with Crippen molar-refractivity contribution in [3.63, 3.8) is 0 Å². The second-order valence-corrected chi connectivity index (χ2v) is 8.99. The van der Waals surface area contributed by atoms with Gasteiger partial charge in [0.1, 0.15) is 0 Å². The summed E-state index contributed by atoms with van der Waals surface area (Å²) in [5.74, 6) is 0. The van der Waals surface area contributed by atoms with E-state index >= 15 is 0 Å². The van der Waals surface area contributed by atoms with Gasteiger partial charge in [-0.25, -0.2) is 0 Å². The van der Waals surface area contributed by atoms with Crippen molar-refractivity contribution in [2.24, 2.45) is 9.98 Å². The fourth-order valence-electron chi connectivity index (χ4n) is 3.27. The van der Waals surface area contributed by atoms with Gasteiger partial charge in [-0.3, -0.25) is 9.98 Å². The van der Waals surface area contributed by atoms with Crippen LogP contribution in [0.15, 0.2) is 64.6 Å². The van der Waals surface area contributed by atoms with Gasteiger partial charge < -0.3 is 4.98 Å². The normalized spacial score (nSPS) is 12.0. The number of aryl methyl sites for hydroxylation is 3. The first-order valence-corrected chi connectivity index (χ1v) is 12.6. The molecular weight excluding hydrogens is 457 g/mol. The van der Waals surface area contributed by atoms with Gasteiger partial charge in [0, 0.05) is 0 Å². The molecule has 3 rings (SSSR count). The van der Waals surface area contributed by atoms with Crippen molar-refractivity contribution in [1.82, 2.24) is 4.98 Å². The fourth-order valence-corrected chi connectivity index (χ4v) is 3.27. The van der Waals surface area contributed by atoms with Crippen LogP contribution in [0.5, 0.6) is 0 Å². The molecule has 0 amide bonds. The molecule has 0 saturated carbocycles. The van der Waals surface area contributed by atoms with E-state index in [1.165, 1.54) is 22.3 Å². The van der Waals surface area contributed by atoms with Gasteiger partial charge in [0.15, 0.2) is 0 Å². The Hall–Kier alpha value is -1.84. The number of nitrogens with one attached hydrogen (secondary N) is 1. The van der Waals surface area contributed by atoms with Crippen molar-refractivity contribution >= 4 is 37.3 Å². The van der Waals surface area contributed by atoms with Gasteiger partial charge in [-0.15, -0.1) is 0 Å². The molecule has 0 atom stereocenters. The van der Waals surface area contributed by atoms with Crippen molar-refractivity contribution in [1.29, 1.82) is 0 Å². The Kier molecular flexibility index (Phi) is 9.87. The molecule has 0 aliphatic carbocycles. The fraction of sp³-hybridized carbons (Fsp3) is 0.250. The number of H-pyrrole nitrogens is 1. The van der Waals surface area contributed by atoms with Crippen LogP contribution in [0.25, 0.3) is 0 Å². The maximum absolute atomic E-state index is 4.88. The topological polar surface area (TPSA) is 40.5 Å². The number of aliphatic imine (C=N–C) groups is 2. The molecule has 160 valence electrons. The molecule has 0 aliphatic heterocycles. The Balaban J connectivity index is 0.00000101. The average Bonchev–Trinajstić information content (AvgIpc) is 3.20. The average molecular weight is 484 g/mol. The molecule has 0 radical (unpaired) electrons. The van der Waals surface area contributed by atoms with E-state index in [1.807, 2.05) is 32.0 Å². The van der Waals surface area contributed by atoms with Gasteiger partial charge in [-0.05, 0) is 63.4 Å². The van der Waals surface area contributed by atoms with Crippen molar-refractivity contribution in [2.75, 3.05) is 0 Å². The third-order valence-corrected chi connectivity index (χ3v) is 4.72. The molecule has 3 aromatic rings. The van der Waals surface area contributed by atoms with Crippen molar-refractivity contribution in [3.05, 3.63) is 88.2 Å². The van der Waals surface area contributed by atoms with Gasteiger partial charge in [0.05, 0.1) is 35.0 Å². The summed E-state index contributed by atoms with van der Waals surface area (Å²) in [6, 6.07) is 18.8. The van der Waals surface area contributed by atoms with E-state index in [2.05, 4.69) is 62.2 Å². The van der Waals surface area contributed by atoms with Gasteiger partial charge >= 0.3 is 33.3 Å². The van der Waals surface area contributed by atoms with Crippen LogP contribution in [-0.4, -0.2) is 16.4 Å². The molecule has 0 spiro atoms. The third kappa shape index (κ3) is 7.14. The van der Waals surface area contributed by atoms with Gasteiger partial charge in [0.25, 0.3) is 0 Å². The monoisotopic (exact) mass is 483 g/mol. The zero-order chi connectivity index (χ0) is 22.1. The van der Waals surface area contributed by atoms with Crippen LogP contribution in [-0.2, 0) is 19.7 Å². The molecule has 6 heteroatoms. The first-order chi connectivity index (χ1) is 14.3. The summed E-state index contributed by atoms with van der Waals surface area (Å²) >= 11 is 0.194. The molecule has 1 N–H and O–H groups in total. The Morgan fingerprint density at radius 1 is 0.867 bits per heavy atom. The van der Waals surface area contributed by atoms with Gasteiger partial charge in [-0.1, -0.05) is 48.0 Å². The molecule has 0 bridgehead atoms. The predicted octanol–water partition coefficient (Wildman–Crippen LogP) is 7.47. The van der Waals surface area contributed by atoms with Gasteiger partial charge in [0.2, 0.25) is 0 Å². The predicted molar refractivity (Wildman–Crippen MR) is 127 cm³/mol. The van der Waals surface area contributed by atoms with Crippen LogP contribution in [0.3, 0.4) is 0 Å². The van der Waals surface area contributed by atoms with Crippen LogP contribution in [0.2, 0.25) is 0 Å². The van der Waals surface area contributed by atoms with Crippen LogP contribution in [0.4, 0.5) is 5.69 Å². The van der Waals surface area contributed by atoms with Crippen LogP contribution >= 0.6 is 20.2 Å². The summed E-state index contributed by atoms with van der Waals surface area (Å²) in [4.78, 5) is 13.0. The summed E-state index contributed by atoms with van der Waals surface area (Å²) in [6.45, 7) is 11.1. The van der Waals surface area contributed by atoms with E-state index in [0.29, 0.717) is 6.54 Å². The summed E-state index contributed by atoms with van der Waals surface area (Å²) < 4.78 is 0. The van der Waals surface area contributed by atoms with Crippen molar-refractivity contribution in [3.8, 4) is 0 Å². The Morgan fingerprint density at radius 2 is 1.40 bits per heavy atom. The van der Waals surface area contributed by atoms with E-state index in [1.54, 1.807) is 0 Å². The molecule has 1 heterocycles. The quantitative estimate of drug-likeness (QED) is 0.289. The van der Waals surface area contributed by atoms with Gasteiger partial charge in [-0.2, -0.15) is 0 Å². The molecule has 0 saturated heterocycles. The molecule has 0 unspecified atom stereocenters. The molecule has 30 heavy (non-hydrogen) atoms. The number of aromatic amines is 1. The standard InChI is InChI=1S/C24H27N3.2ClH.Fe/c1-16-13-17(2)24(18(3)14-16)26-20(5)23-12-11-22(27-23)19(4)25-15-21-9-7-6-8-10-21;;;/h6-14,27H,15H2,1-5H3;2*1H;/q;;;+2/p-2. The maximum atomic E-state index is 4.88. The molecule has 0 aliphatic rings. The number of hydrogen-bond acceptors (Lipinski definition) is 2. The summed E-state index contributed by atoms with van der Waals surface area (Å²) in [6.07, 6.45) is 0. The van der Waals surface area contributed by atoms with E-state index < -0.39 is 0 Å². The Morgan fingerprint density at radius 3 is 1.97 bits per heavy atom. The second kappa shape index (κ2) is 12.1. The number of rotatable bonds is 5. The summed E-state index contributed by atoms with van der Waals surface area (Å²) in [5, 5.41) is 0. The molecule has 1 aromatic heterocycles. The molecule has 3 nitrogen and oxygen atoms in total. The second-order valence-electron chi connectivity index (χ2n) is 7.17. The SMILES string of the molecule is CC(=NCc1ccccc1)c1ccc(C(C)=Nc2c(C)cc(C)cc2C)[nH]1.[Cl][Fe][Cl]. The number of aromatic nitrogens is 1. The summed E-state index contributed by atoms with van der Waals surface area (Å²) in [7, 11) is 9.53. The minimum absolute atomic E-state index is 0.194. The van der Waals surface area contributed by atoms with E-state index in [0.717, 1.165) is 28.5 Å². The van der Waals surface area contributed by atoms with E-state index in [-0.39, 0.29) is 13.1 Å². The Bertz CT molecular complexity index is 1000.